The first-order valence-corrected chi connectivity index (χ1v) is 5.34. The van der Waals surface area contributed by atoms with E-state index >= 15 is 0 Å². The van der Waals surface area contributed by atoms with Crippen LogP contribution in [0.5, 0.6) is 5.88 Å². The highest BCUT2D eigenvalue weighted by Gasteiger charge is 2.07. The van der Waals surface area contributed by atoms with Gasteiger partial charge in [0.05, 0.1) is 6.20 Å². The number of nitrogens with zero attached hydrogens (tertiary/aromatic N) is 2. The minimum absolute atomic E-state index is 0.0300. The summed E-state index contributed by atoms with van der Waals surface area (Å²) in [4.78, 5) is 8.11. The lowest BCUT2D eigenvalue weighted by atomic mass is 10.5. The van der Waals surface area contributed by atoms with Gasteiger partial charge in [0.2, 0.25) is 11.1 Å². The molecular weight excluding hydrogens is 239 g/mol. The number of thiophene rings is 1. The summed E-state index contributed by atoms with van der Waals surface area (Å²) < 4.78 is 18.3. The summed E-state index contributed by atoms with van der Waals surface area (Å²) in [5.74, 6) is -0.737. The first kappa shape index (κ1) is 10.3. The van der Waals surface area contributed by atoms with Gasteiger partial charge < -0.3 is 4.74 Å². The maximum absolute atomic E-state index is 13.1. The average molecular weight is 245 g/mol. The number of hydrogen-bond acceptors (Lipinski definition) is 4. The Morgan fingerprint density at radius 1 is 1.53 bits per heavy atom. The van der Waals surface area contributed by atoms with Crippen molar-refractivity contribution < 1.29 is 9.13 Å². The van der Waals surface area contributed by atoms with Crippen LogP contribution in [0.3, 0.4) is 0 Å². The van der Waals surface area contributed by atoms with Crippen molar-refractivity contribution in [2.24, 2.45) is 0 Å². The molecule has 2 rings (SSSR count). The maximum atomic E-state index is 13.1. The van der Waals surface area contributed by atoms with E-state index in [9.17, 15) is 4.39 Å². The van der Waals surface area contributed by atoms with Gasteiger partial charge in [-0.2, -0.15) is 9.37 Å². The molecule has 78 valence electrons. The van der Waals surface area contributed by atoms with E-state index in [4.69, 9.17) is 16.3 Å². The maximum Gasteiger partial charge on any atom is 0.255 e. The molecule has 0 aliphatic heterocycles. The second kappa shape index (κ2) is 4.55. The van der Waals surface area contributed by atoms with E-state index in [0.29, 0.717) is 0 Å². The Balaban J connectivity index is 2.07. The fraction of sp³-hybridized carbons (Fsp3) is 0.111. The first-order chi connectivity index (χ1) is 7.25. The first-order valence-electron chi connectivity index (χ1n) is 4.09. The summed E-state index contributed by atoms with van der Waals surface area (Å²) in [6.45, 7) is 0.280. The van der Waals surface area contributed by atoms with Crippen LogP contribution in [0.1, 0.15) is 4.88 Å². The normalized spacial score (nSPS) is 10.3. The van der Waals surface area contributed by atoms with Crippen LogP contribution in [0, 0.1) is 5.82 Å². The molecule has 0 saturated heterocycles. The Morgan fingerprint density at radius 2 is 2.40 bits per heavy atom. The predicted octanol–water partition coefficient (Wildman–Crippen LogP) is 2.91. The topological polar surface area (TPSA) is 35.0 Å². The van der Waals surface area contributed by atoms with Gasteiger partial charge >= 0.3 is 0 Å². The Bertz CT molecular complexity index is 449. The Kier molecular flexibility index (Phi) is 3.13. The van der Waals surface area contributed by atoms with Crippen molar-refractivity contribution in [1.82, 2.24) is 9.97 Å². The quantitative estimate of drug-likeness (QED) is 0.779. The molecule has 0 unspecified atom stereocenters. The molecule has 6 heteroatoms. The summed E-state index contributed by atoms with van der Waals surface area (Å²) >= 11 is 7.04. The summed E-state index contributed by atoms with van der Waals surface area (Å²) in [5.41, 5.74) is 0. The molecule has 0 atom stereocenters. The summed E-state index contributed by atoms with van der Waals surface area (Å²) in [5, 5.41) is 1.89. The van der Waals surface area contributed by atoms with Gasteiger partial charge in [0, 0.05) is 4.88 Å². The zero-order valence-electron chi connectivity index (χ0n) is 7.48. The molecule has 0 aromatic carbocycles. The second-order valence-corrected chi connectivity index (χ2v) is 4.03. The molecule has 0 bridgehead atoms. The molecule has 0 aliphatic carbocycles. The molecule has 3 nitrogen and oxygen atoms in total. The van der Waals surface area contributed by atoms with Crippen LogP contribution in [0.15, 0.2) is 23.7 Å². The molecule has 0 N–H and O–H groups in total. The number of halogens is 2. The van der Waals surface area contributed by atoms with Gasteiger partial charge in [-0.25, -0.2) is 4.98 Å². The van der Waals surface area contributed by atoms with Gasteiger partial charge in [0.15, 0.2) is 0 Å². The van der Waals surface area contributed by atoms with E-state index in [1.54, 1.807) is 0 Å². The average Bonchev–Trinajstić information content (AvgIpc) is 2.72. The summed E-state index contributed by atoms with van der Waals surface area (Å²) in [6.07, 6.45) is 0.985. The predicted molar refractivity (Wildman–Crippen MR) is 55.7 cm³/mol. The number of rotatable bonds is 3. The third-order valence-electron chi connectivity index (χ3n) is 1.61. The van der Waals surface area contributed by atoms with Gasteiger partial charge in [-0.05, 0) is 23.0 Å². The van der Waals surface area contributed by atoms with E-state index in [0.717, 1.165) is 11.1 Å². The van der Waals surface area contributed by atoms with Crippen LogP contribution < -0.4 is 4.74 Å². The summed E-state index contributed by atoms with van der Waals surface area (Å²) in [6, 6.07) is 3.79. The molecular formula is C9H6ClFN2OS. The Morgan fingerprint density at radius 3 is 3.13 bits per heavy atom. The van der Waals surface area contributed by atoms with Gasteiger partial charge in [-0.1, -0.05) is 6.07 Å². The molecule has 0 amide bonds. The van der Waals surface area contributed by atoms with E-state index in [1.165, 1.54) is 11.3 Å². The summed E-state index contributed by atoms with van der Waals surface area (Å²) in [7, 11) is 0. The van der Waals surface area contributed by atoms with E-state index < -0.39 is 5.82 Å². The lowest BCUT2D eigenvalue weighted by molar-refractivity contribution is 0.279. The second-order valence-electron chi connectivity index (χ2n) is 2.66. The molecule has 0 spiro atoms. The van der Waals surface area contributed by atoms with Crippen molar-refractivity contribution in [3.63, 3.8) is 0 Å². The van der Waals surface area contributed by atoms with Crippen LogP contribution in [-0.4, -0.2) is 9.97 Å². The zero-order valence-corrected chi connectivity index (χ0v) is 9.06. The highest BCUT2D eigenvalue weighted by molar-refractivity contribution is 7.09. The van der Waals surface area contributed by atoms with Crippen molar-refractivity contribution >= 4 is 22.9 Å². The highest BCUT2D eigenvalue weighted by atomic mass is 35.5. The largest absolute Gasteiger partial charge is 0.470 e. The fourth-order valence-electron chi connectivity index (χ4n) is 0.967. The molecule has 0 aliphatic rings. The highest BCUT2D eigenvalue weighted by Crippen LogP contribution is 2.17. The van der Waals surface area contributed by atoms with Crippen molar-refractivity contribution in [2.45, 2.75) is 6.61 Å². The lowest BCUT2D eigenvalue weighted by Crippen LogP contribution is -1.99. The SMILES string of the molecule is Fc1cnc(Cl)nc1OCc1cccs1. The monoisotopic (exact) mass is 244 g/mol. The van der Waals surface area contributed by atoms with Crippen LogP contribution in [0.2, 0.25) is 5.28 Å². The molecule has 2 aromatic heterocycles. The molecule has 15 heavy (non-hydrogen) atoms. The minimum atomic E-state index is -0.615. The van der Waals surface area contributed by atoms with Crippen molar-refractivity contribution in [3.8, 4) is 5.88 Å². The van der Waals surface area contributed by atoms with Crippen LogP contribution in [-0.2, 0) is 6.61 Å². The lowest BCUT2D eigenvalue weighted by Gasteiger charge is -2.03. The van der Waals surface area contributed by atoms with E-state index in [-0.39, 0.29) is 17.8 Å². The third-order valence-corrected chi connectivity index (χ3v) is 2.65. The standard InChI is InChI=1S/C9H6ClFN2OS/c10-9-12-4-7(11)8(13-9)14-5-6-2-1-3-15-6/h1-4H,5H2. The number of aromatic nitrogens is 2. The van der Waals surface area contributed by atoms with Crippen molar-refractivity contribution in [2.75, 3.05) is 0 Å². The van der Waals surface area contributed by atoms with E-state index in [1.807, 2.05) is 17.5 Å². The van der Waals surface area contributed by atoms with Gasteiger partial charge in [-0.15, -0.1) is 11.3 Å². The number of ether oxygens (including phenoxy) is 1. The fourth-order valence-corrected chi connectivity index (χ4v) is 1.71. The third kappa shape index (κ3) is 2.64. The van der Waals surface area contributed by atoms with Gasteiger partial charge in [0.1, 0.15) is 6.61 Å². The molecule has 0 saturated carbocycles. The smallest absolute Gasteiger partial charge is 0.255 e. The van der Waals surface area contributed by atoms with Crippen molar-refractivity contribution in [3.05, 3.63) is 39.7 Å². The van der Waals surface area contributed by atoms with Crippen molar-refractivity contribution in [1.29, 1.82) is 0 Å². The zero-order chi connectivity index (χ0) is 10.7. The number of hydrogen-bond donors (Lipinski definition) is 0. The van der Waals surface area contributed by atoms with E-state index in [2.05, 4.69) is 9.97 Å². The Labute approximate surface area is 94.5 Å². The molecule has 0 radical (unpaired) electrons. The molecule has 2 aromatic rings. The van der Waals surface area contributed by atoms with Gasteiger partial charge in [-0.3, -0.25) is 0 Å². The Hall–Kier alpha value is -1.20. The van der Waals surface area contributed by atoms with Crippen LogP contribution in [0.4, 0.5) is 4.39 Å². The van der Waals surface area contributed by atoms with Crippen LogP contribution in [0.25, 0.3) is 0 Å². The molecule has 0 fully saturated rings. The van der Waals surface area contributed by atoms with Crippen LogP contribution >= 0.6 is 22.9 Å². The minimum Gasteiger partial charge on any atom is -0.470 e. The van der Waals surface area contributed by atoms with Gasteiger partial charge in [0.25, 0.3) is 5.88 Å². The molecule has 2 heterocycles.